The van der Waals surface area contributed by atoms with Gasteiger partial charge in [-0.3, -0.25) is 0 Å². The minimum Gasteiger partial charge on any atom is -0.377 e. The van der Waals surface area contributed by atoms with Gasteiger partial charge in [0.1, 0.15) is 0 Å². The molecule has 45 heavy (non-hydrogen) atoms. The largest absolute Gasteiger partial charge is 0.377 e. The number of rotatable bonds is 10. The first kappa shape index (κ1) is 31.3. The molecule has 10 nitrogen and oxygen atoms in total. The monoisotopic (exact) mass is 690 g/mol. The van der Waals surface area contributed by atoms with Crippen LogP contribution in [0.2, 0.25) is 0 Å². The molecule has 1 aliphatic rings. The molecular weight excluding hydrogens is 652 g/mol. The molecule has 2 heterocycles. The van der Waals surface area contributed by atoms with E-state index >= 15 is 0 Å². The molecule has 0 atom stereocenters. The molecule has 3 N–H and O–H groups in total. The van der Waals surface area contributed by atoms with Crippen LogP contribution < -0.4 is 20.3 Å². The number of halogens is 1. The van der Waals surface area contributed by atoms with E-state index in [1.54, 1.807) is 6.07 Å². The van der Waals surface area contributed by atoms with Crippen molar-refractivity contribution in [2.24, 2.45) is 0 Å². The summed E-state index contributed by atoms with van der Waals surface area (Å²) >= 11 is 3.49. The second-order valence-corrected chi connectivity index (χ2v) is 14.7. The highest BCUT2D eigenvalue weighted by atomic mass is 79.9. The van der Waals surface area contributed by atoms with Crippen LogP contribution in [0.4, 0.5) is 17.5 Å². The van der Waals surface area contributed by atoms with Gasteiger partial charge in [0.25, 0.3) is 0 Å². The van der Waals surface area contributed by atoms with E-state index in [4.69, 9.17) is 9.97 Å². The maximum absolute atomic E-state index is 13.6. The number of benzene rings is 3. The van der Waals surface area contributed by atoms with Gasteiger partial charge in [-0.05, 0) is 69.4 Å². The lowest BCUT2D eigenvalue weighted by Gasteiger charge is -2.29. The lowest BCUT2D eigenvalue weighted by Crippen LogP contribution is -2.40. The first-order chi connectivity index (χ1) is 21.6. The van der Waals surface area contributed by atoms with Gasteiger partial charge in [-0.2, -0.15) is 9.97 Å². The van der Waals surface area contributed by atoms with E-state index < -0.39 is 10.0 Å². The Hall–Kier alpha value is -3.74. The first-order valence-electron chi connectivity index (χ1n) is 15.3. The lowest BCUT2D eigenvalue weighted by atomic mass is 9.92. The summed E-state index contributed by atoms with van der Waals surface area (Å²) in [6.45, 7) is 4.81. The van der Waals surface area contributed by atoms with Crippen molar-refractivity contribution in [3.05, 3.63) is 77.0 Å². The van der Waals surface area contributed by atoms with Crippen molar-refractivity contribution in [1.29, 1.82) is 0 Å². The molecule has 12 heteroatoms. The van der Waals surface area contributed by atoms with Crippen LogP contribution in [0.3, 0.4) is 0 Å². The van der Waals surface area contributed by atoms with Crippen LogP contribution in [0.25, 0.3) is 21.9 Å². The third kappa shape index (κ3) is 6.78. The van der Waals surface area contributed by atoms with E-state index in [0.29, 0.717) is 36.0 Å². The number of imidazole rings is 1. The third-order valence-corrected chi connectivity index (χ3v) is 10.5. The fourth-order valence-electron chi connectivity index (χ4n) is 5.98. The number of aromatic nitrogens is 4. The highest BCUT2D eigenvalue weighted by molar-refractivity contribution is 9.10. The summed E-state index contributed by atoms with van der Waals surface area (Å²) in [6.07, 6.45) is 4.82. The Kier molecular flexibility index (Phi) is 8.98. The quantitative estimate of drug-likeness (QED) is 0.148. The van der Waals surface area contributed by atoms with E-state index in [9.17, 15) is 8.42 Å². The SMILES string of the molecule is CC(C)n1cnc2c(NCc3ccc(Br)cc3)nc(NC3CCC(NS(=O)(=O)c4cccc5c(N(C)C)cccc45)CC3)nc21. The highest BCUT2D eigenvalue weighted by Crippen LogP contribution is 2.32. The van der Waals surface area contributed by atoms with Crippen LogP contribution in [0, 0.1) is 0 Å². The Morgan fingerprint density at radius 1 is 0.933 bits per heavy atom. The number of nitrogens with one attached hydrogen (secondary N) is 3. The third-order valence-electron chi connectivity index (χ3n) is 8.36. The van der Waals surface area contributed by atoms with Gasteiger partial charge in [-0.1, -0.05) is 52.3 Å². The molecule has 1 saturated carbocycles. The van der Waals surface area contributed by atoms with E-state index in [-0.39, 0.29) is 18.1 Å². The van der Waals surface area contributed by atoms with Gasteiger partial charge < -0.3 is 20.1 Å². The zero-order valence-corrected chi connectivity index (χ0v) is 28.4. The molecular formula is C33H39BrN8O2S. The molecule has 0 radical (unpaired) electrons. The van der Waals surface area contributed by atoms with Gasteiger partial charge in [-0.15, -0.1) is 0 Å². The molecule has 3 aromatic carbocycles. The molecule has 2 aromatic heterocycles. The number of anilines is 3. The Balaban J connectivity index is 1.15. The summed E-state index contributed by atoms with van der Waals surface area (Å²) in [4.78, 5) is 16.6. The molecule has 1 fully saturated rings. The van der Waals surface area contributed by atoms with E-state index in [1.807, 2.05) is 72.4 Å². The van der Waals surface area contributed by atoms with Gasteiger partial charge in [0.05, 0.1) is 11.2 Å². The number of nitrogens with zero attached hydrogens (tertiary/aromatic N) is 5. The summed E-state index contributed by atoms with van der Waals surface area (Å²) in [5.74, 6) is 1.22. The van der Waals surface area contributed by atoms with Crippen LogP contribution >= 0.6 is 15.9 Å². The second kappa shape index (κ2) is 12.9. The van der Waals surface area contributed by atoms with Gasteiger partial charge >= 0.3 is 0 Å². The number of sulfonamides is 1. The molecule has 0 unspecified atom stereocenters. The fourth-order valence-corrected chi connectivity index (χ4v) is 7.77. The average molecular weight is 692 g/mol. The Morgan fingerprint density at radius 3 is 2.33 bits per heavy atom. The van der Waals surface area contributed by atoms with Crippen molar-refractivity contribution in [2.75, 3.05) is 29.6 Å². The van der Waals surface area contributed by atoms with Crippen molar-refractivity contribution in [3.8, 4) is 0 Å². The van der Waals surface area contributed by atoms with Crippen LogP contribution in [0.5, 0.6) is 0 Å². The van der Waals surface area contributed by atoms with Crippen LogP contribution in [0.1, 0.15) is 51.1 Å². The minimum absolute atomic E-state index is 0.123. The minimum atomic E-state index is -3.71. The summed E-state index contributed by atoms with van der Waals surface area (Å²) in [7, 11) is 0.217. The molecule has 0 aliphatic heterocycles. The van der Waals surface area contributed by atoms with Crippen LogP contribution in [-0.4, -0.2) is 54.1 Å². The summed E-state index contributed by atoms with van der Waals surface area (Å²) in [6, 6.07) is 19.6. The molecule has 1 aliphatic carbocycles. The predicted octanol–water partition coefficient (Wildman–Crippen LogP) is 6.70. The molecule has 0 saturated heterocycles. The van der Waals surface area contributed by atoms with Crippen molar-refractivity contribution >= 4 is 65.3 Å². The summed E-state index contributed by atoms with van der Waals surface area (Å²) < 4.78 is 33.3. The molecule has 6 rings (SSSR count). The average Bonchev–Trinajstić information content (AvgIpc) is 3.45. The zero-order chi connectivity index (χ0) is 31.7. The fraction of sp³-hybridized carbons (Fsp3) is 0.364. The second-order valence-electron chi connectivity index (χ2n) is 12.1. The molecule has 0 bridgehead atoms. The van der Waals surface area contributed by atoms with Crippen LogP contribution in [-0.2, 0) is 16.6 Å². The highest BCUT2D eigenvalue weighted by Gasteiger charge is 2.28. The van der Waals surface area contributed by atoms with E-state index in [1.165, 1.54) is 0 Å². The van der Waals surface area contributed by atoms with Crippen molar-refractivity contribution in [3.63, 3.8) is 0 Å². The van der Waals surface area contributed by atoms with Gasteiger partial charge in [0.2, 0.25) is 16.0 Å². The Labute approximate surface area is 272 Å². The topological polar surface area (TPSA) is 117 Å². The van der Waals surface area contributed by atoms with Crippen molar-refractivity contribution in [1.82, 2.24) is 24.2 Å². The van der Waals surface area contributed by atoms with Gasteiger partial charge in [-0.25, -0.2) is 18.1 Å². The smallest absolute Gasteiger partial charge is 0.241 e. The van der Waals surface area contributed by atoms with Crippen LogP contribution in [0.15, 0.2) is 76.4 Å². The molecule has 5 aromatic rings. The van der Waals surface area contributed by atoms with E-state index in [2.05, 4.69) is 62.2 Å². The van der Waals surface area contributed by atoms with Crippen molar-refractivity contribution < 1.29 is 8.42 Å². The molecule has 236 valence electrons. The Morgan fingerprint density at radius 2 is 1.62 bits per heavy atom. The number of hydrogen-bond acceptors (Lipinski definition) is 8. The maximum atomic E-state index is 13.6. The summed E-state index contributed by atoms with van der Waals surface area (Å²) in [5, 5.41) is 8.64. The van der Waals surface area contributed by atoms with Gasteiger partial charge in [0.15, 0.2) is 17.0 Å². The molecule has 0 amide bonds. The zero-order valence-electron chi connectivity index (χ0n) is 26.0. The maximum Gasteiger partial charge on any atom is 0.241 e. The number of hydrogen-bond donors (Lipinski definition) is 3. The normalized spacial score (nSPS) is 17.2. The van der Waals surface area contributed by atoms with Crippen molar-refractivity contribution in [2.45, 2.75) is 69.1 Å². The first-order valence-corrected chi connectivity index (χ1v) is 17.6. The standard InChI is InChI=1S/C33H39BrN8O2S/c1-21(2)42-20-36-30-31(35-19-22-11-13-23(34)14-12-22)38-33(39-32(30)42)37-24-15-17-25(18-16-24)40-45(43,44)29-10-6-7-26-27(29)8-5-9-28(26)41(3)4/h5-14,20-21,24-25,40H,15-19H2,1-4H3,(H2,35,37,38,39). The van der Waals surface area contributed by atoms with E-state index in [0.717, 1.165) is 50.5 Å². The molecule has 0 spiro atoms. The predicted molar refractivity (Wildman–Crippen MR) is 185 cm³/mol. The van der Waals surface area contributed by atoms with Gasteiger partial charge in [0, 0.05) is 59.7 Å². The lowest BCUT2D eigenvalue weighted by molar-refractivity contribution is 0.386. The number of fused-ring (bicyclic) bond motifs is 2. The summed E-state index contributed by atoms with van der Waals surface area (Å²) in [5.41, 5.74) is 3.62. The Bertz CT molecular complexity index is 1920.